The molecule has 5 heteroatoms. The quantitative estimate of drug-likeness (QED) is 0.905. The van der Waals surface area contributed by atoms with Crippen LogP contribution in [0.5, 0.6) is 0 Å². The monoisotopic (exact) mass is 249 g/mol. The molecule has 94 valence electrons. The lowest BCUT2D eigenvalue weighted by atomic mass is 10.1. The summed E-state index contributed by atoms with van der Waals surface area (Å²) in [6, 6.07) is 7.70. The van der Waals surface area contributed by atoms with Gasteiger partial charge in [0.05, 0.1) is 18.5 Å². The molecule has 0 atom stereocenters. The first-order valence-corrected chi connectivity index (χ1v) is 5.35. The highest BCUT2D eigenvalue weighted by molar-refractivity contribution is 5.94. The van der Waals surface area contributed by atoms with Crippen LogP contribution in [0.1, 0.15) is 16.1 Å². The number of carbonyl (C=O) groups is 1. The number of hydrogen-bond donors (Lipinski definition) is 1. The predicted octanol–water partition coefficient (Wildman–Crippen LogP) is 2.75. The third-order valence-corrected chi connectivity index (χ3v) is 2.59. The predicted molar refractivity (Wildman–Crippen MR) is 64.2 cm³/mol. The van der Waals surface area contributed by atoms with E-state index in [1.807, 2.05) is 0 Å². The van der Waals surface area contributed by atoms with Crippen molar-refractivity contribution in [1.82, 2.24) is 0 Å². The molecule has 18 heavy (non-hydrogen) atoms. The van der Waals surface area contributed by atoms with Crippen LogP contribution >= 0.6 is 0 Å². The molecule has 0 fully saturated rings. The van der Waals surface area contributed by atoms with Crippen LogP contribution in [0.4, 0.5) is 10.1 Å². The van der Waals surface area contributed by atoms with Crippen LogP contribution in [-0.4, -0.2) is 18.1 Å². The molecule has 1 N–H and O–H groups in total. The summed E-state index contributed by atoms with van der Waals surface area (Å²) in [4.78, 5) is 12.7. The number of nitrogens with zero attached hydrogens (tertiary/aromatic N) is 1. The topological polar surface area (TPSA) is 53.7 Å². The number of hydrogen-bond acceptors (Lipinski definition) is 3. The molecule has 0 spiro atoms. The highest BCUT2D eigenvalue weighted by Crippen LogP contribution is 2.23. The second-order valence-corrected chi connectivity index (χ2v) is 3.87. The van der Waals surface area contributed by atoms with Crippen molar-refractivity contribution in [3.8, 4) is 0 Å². The summed E-state index contributed by atoms with van der Waals surface area (Å²) in [5.41, 5.74) is -0.00884. The molecule has 0 bridgehead atoms. The smallest absolute Gasteiger partial charge is 0.340 e. The van der Waals surface area contributed by atoms with Gasteiger partial charge in [-0.1, -0.05) is 6.07 Å². The van der Waals surface area contributed by atoms with Gasteiger partial charge in [0.15, 0.2) is 0 Å². The maximum absolute atomic E-state index is 13.5. The van der Waals surface area contributed by atoms with Gasteiger partial charge in [-0.25, -0.2) is 9.18 Å². The zero-order chi connectivity index (χ0) is 13.1. The van der Waals surface area contributed by atoms with Gasteiger partial charge in [0.25, 0.3) is 0 Å². The first-order valence-electron chi connectivity index (χ1n) is 5.35. The van der Waals surface area contributed by atoms with Gasteiger partial charge in [0, 0.05) is 7.05 Å². The molecule has 4 nitrogen and oxygen atoms in total. The van der Waals surface area contributed by atoms with Crippen LogP contribution in [0.3, 0.4) is 0 Å². The van der Waals surface area contributed by atoms with Gasteiger partial charge in [-0.15, -0.1) is 0 Å². The fourth-order valence-electron chi connectivity index (χ4n) is 1.76. The fraction of sp³-hybridized carbons (Fsp3) is 0.154. The third kappa shape index (κ3) is 2.34. The SMILES string of the molecule is CN(Cc1ccco1)c1cccc(F)c1C(=O)O. The van der Waals surface area contributed by atoms with Gasteiger partial charge in [0.1, 0.15) is 17.1 Å². The van der Waals surface area contributed by atoms with Gasteiger partial charge in [-0.2, -0.15) is 0 Å². The third-order valence-electron chi connectivity index (χ3n) is 2.59. The lowest BCUT2D eigenvalue weighted by Crippen LogP contribution is -2.20. The molecule has 0 aliphatic carbocycles. The molecule has 1 aromatic heterocycles. The Bertz CT molecular complexity index is 551. The molecule has 0 radical (unpaired) electrons. The standard InChI is InChI=1S/C13H12FNO3/c1-15(8-9-4-3-7-18-9)11-6-2-5-10(14)12(11)13(16)17/h2-7H,8H2,1H3,(H,16,17). The summed E-state index contributed by atoms with van der Waals surface area (Å²) in [6.45, 7) is 0.372. The van der Waals surface area contributed by atoms with E-state index in [0.717, 1.165) is 6.07 Å². The summed E-state index contributed by atoms with van der Waals surface area (Å²) in [5, 5.41) is 9.03. The minimum Gasteiger partial charge on any atom is -0.478 e. The molecular formula is C13H12FNO3. The van der Waals surface area contributed by atoms with E-state index in [1.165, 1.54) is 12.3 Å². The van der Waals surface area contributed by atoms with Crippen LogP contribution in [0.15, 0.2) is 41.0 Å². The number of carboxylic acids is 1. The fourth-order valence-corrected chi connectivity index (χ4v) is 1.76. The molecule has 1 heterocycles. The van der Waals surface area contributed by atoms with Crippen molar-refractivity contribution in [2.75, 3.05) is 11.9 Å². The molecule has 0 unspecified atom stereocenters. The first kappa shape index (κ1) is 12.2. The van der Waals surface area contributed by atoms with Crippen LogP contribution in [0.2, 0.25) is 0 Å². The van der Waals surface area contributed by atoms with E-state index in [4.69, 9.17) is 9.52 Å². The Morgan fingerprint density at radius 2 is 2.17 bits per heavy atom. The Morgan fingerprint density at radius 3 is 2.78 bits per heavy atom. The minimum atomic E-state index is -1.28. The molecule has 2 aromatic rings. The lowest BCUT2D eigenvalue weighted by Gasteiger charge is -2.20. The van der Waals surface area contributed by atoms with Gasteiger partial charge >= 0.3 is 5.97 Å². The maximum atomic E-state index is 13.5. The van der Waals surface area contributed by atoms with E-state index < -0.39 is 11.8 Å². The Morgan fingerprint density at radius 1 is 1.39 bits per heavy atom. The number of furan rings is 1. The summed E-state index contributed by atoms with van der Waals surface area (Å²) in [7, 11) is 1.68. The number of aromatic carboxylic acids is 1. The van der Waals surface area contributed by atoms with Crippen molar-refractivity contribution in [2.24, 2.45) is 0 Å². The summed E-state index contributed by atoms with van der Waals surface area (Å²) >= 11 is 0. The molecule has 0 saturated carbocycles. The lowest BCUT2D eigenvalue weighted by molar-refractivity contribution is 0.0692. The van der Waals surface area contributed by atoms with Crippen LogP contribution in [-0.2, 0) is 6.54 Å². The van der Waals surface area contributed by atoms with E-state index in [-0.39, 0.29) is 5.56 Å². The number of benzene rings is 1. The number of rotatable bonds is 4. The summed E-state index contributed by atoms with van der Waals surface area (Å²) in [5.74, 6) is -1.35. The average molecular weight is 249 g/mol. The highest BCUT2D eigenvalue weighted by Gasteiger charge is 2.18. The van der Waals surface area contributed by atoms with Crippen molar-refractivity contribution in [1.29, 1.82) is 0 Å². The van der Waals surface area contributed by atoms with Gasteiger partial charge in [-0.3, -0.25) is 0 Å². The number of halogens is 1. The van der Waals surface area contributed by atoms with Gasteiger partial charge < -0.3 is 14.4 Å². The van der Waals surface area contributed by atoms with Crippen LogP contribution in [0.25, 0.3) is 0 Å². The average Bonchev–Trinajstić information content (AvgIpc) is 2.80. The minimum absolute atomic E-state index is 0.318. The van der Waals surface area contributed by atoms with E-state index in [9.17, 15) is 9.18 Å². The zero-order valence-electron chi connectivity index (χ0n) is 9.76. The largest absolute Gasteiger partial charge is 0.478 e. The Hall–Kier alpha value is -2.30. The normalized spacial score (nSPS) is 10.3. The van der Waals surface area contributed by atoms with Crippen molar-refractivity contribution in [3.05, 3.63) is 53.7 Å². The summed E-state index contributed by atoms with van der Waals surface area (Å²) in [6.07, 6.45) is 1.53. The van der Waals surface area contributed by atoms with Crippen molar-refractivity contribution < 1.29 is 18.7 Å². The van der Waals surface area contributed by atoms with Crippen molar-refractivity contribution in [2.45, 2.75) is 6.54 Å². The Kier molecular flexibility index (Phi) is 3.32. The number of carboxylic acid groups (broad SMARTS) is 1. The van der Waals surface area contributed by atoms with Gasteiger partial charge in [0.2, 0.25) is 0 Å². The second-order valence-electron chi connectivity index (χ2n) is 3.87. The Labute approximate surface area is 103 Å². The maximum Gasteiger partial charge on any atom is 0.340 e. The zero-order valence-corrected chi connectivity index (χ0v) is 9.76. The second kappa shape index (κ2) is 4.91. The first-order chi connectivity index (χ1) is 8.59. The van der Waals surface area contributed by atoms with Crippen LogP contribution < -0.4 is 4.90 Å². The molecule has 0 saturated heterocycles. The molecule has 0 amide bonds. The van der Waals surface area contributed by atoms with E-state index in [2.05, 4.69) is 0 Å². The molecule has 0 aliphatic heterocycles. The highest BCUT2D eigenvalue weighted by atomic mass is 19.1. The van der Waals surface area contributed by atoms with E-state index in [0.29, 0.717) is 18.0 Å². The van der Waals surface area contributed by atoms with E-state index >= 15 is 0 Å². The van der Waals surface area contributed by atoms with Crippen molar-refractivity contribution in [3.63, 3.8) is 0 Å². The molecule has 0 aliphatic rings. The molecule has 2 rings (SSSR count). The molecule has 1 aromatic carbocycles. The summed E-state index contributed by atoms with van der Waals surface area (Å²) < 4.78 is 18.7. The van der Waals surface area contributed by atoms with Crippen molar-refractivity contribution >= 4 is 11.7 Å². The van der Waals surface area contributed by atoms with Crippen LogP contribution in [0, 0.1) is 5.82 Å². The molecular weight excluding hydrogens is 237 g/mol. The number of anilines is 1. The van der Waals surface area contributed by atoms with Gasteiger partial charge in [-0.05, 0) is 24.3 Å². The van der Waals surface area contributed by atoms with E-state index in [1.54, 1.807) is 30.1 Å². The Balaban J connectivity index is 2.32.